The van der Waals surface area contributed by atoms with E-state index in [1.165, 1.54) is 6.07 Å². The molecule has 0 unspecified atom stereocenters. The molecule has 0 fully saturated rings. The normalized spacial score (nSPS) is 10.4. The average Bonchev–Trinajstić information content (AvgIpc) is 3.37. The molecule has 0 spiro atoms. The van der Waals surface area contributed by atoms with Crippen molar-refractivity contribution in [1.29, 1.82) is 0 Å². The van der Waals surface area contributed by atoms with E-state index >= 15 is 0 Å². The molecule has 0 aliphatic rings. The molecule has 1 N–H and O–H groups in total. The van der Waals surface area contributed by atoms with Crippen LogP contribution in [0.25, 0.3) is 0 Å². The second-order valence-corrected chi connectivity index (χ2v) is 5.67. The summed E-state index contributed by atoms with van der Waals surface area (Å²) in [6, 6.07) is 12.3. The Balaban J connectivity index is 1.42. The topological polar surface area (TPSA) is 95.6 Å². The van der Waals surface area contributed by atoms with Crippen LogP contribution >= 0.6 is 0 Å². The van der Waals surface area contributed by atoms with E-state index < -0.39 is 11.9 Å². The molecule has 0 atom stereocenters. The third kappa shape index (κ3) is 5.21. The van der Waals surface area contributed by atoms with E-state index in [0.29, 0.717) is 18.8 Å². The van der Waals surface area contributed by atoms with Crippen molar-refractivity contribution in [2.45, 2.75) is 13.1 Å². The summed E-state index contributed by atoms with van der Waals surface area (Å²) in [7, 11) is 1.59. The molecule has 2 aromatic heterocycles. The molecular formula is C19H19N3O5. The molecule has 2 heterocycles. The lowest BCUT2D eigenvalue weighted by atomic mass is 10.2. The molecule has 140 valence electrons. The fourth-order valence-electron chi connectivity index (χ4n) is 2.32. The minimum Gasteiger partial charge on any atom is -0.497 e. The molecule has 8 heteroatoms. The van der Waals surface area contributed by atoms with Crippen molar-refractivity contribution >= 4 is 11.9 Å². The molecule has 1 aromatic carbocycles. The van der Waals surface area contributed by atoms with Crippen LogP contribution in [0.1, 0.15) is 21.9 Å². The molecule has 3 aromatic rings. The third-order valence-electron chi connectivity index (χ3n) is 3.72. The number of nitrogens with zero attached hydrogens (tertiary/aromatic N) is 2. The summed E-state index contributed by atoms with van der Waals surface area (Å²) < 4.78 is 17.1. The Kier molecular flexibility index (Phi) is 5.88. The Hall–Kier alpha value is -3.55. The number of nitrogens with one attached hydrogen (secondary N) is 1. The summed E-state index contributed by atoms with van der Waals surface area (Å²) in [6.45, 7) is 0.349. The molecule has 27 heavy (non-hydrogen) atoms. The van der Waals surface area contributed by atoms with Crippen LogP contribution in [0, 0.1) is 0 Å². The maximum atomic E-state index is 12.0. The molecule has 0 bridgehead atoms. The summed E-state index contributed by atoms with van der Waals surface area (Å²) in [5.74, 6) is 0.253. The SMILES string of the molecule is COc1ccc(CNC(=O)COC(=O)c2ccc(Cn3cccn3)o2)cc1. The van der Waals surface area contributed by atoms with Crippen LogP contribution in [0.4, 0.5) is 0 Å². The van der Waals surface area contributed by atoms with Crippen LogP contribution < -0.4 is 10.1 Å². The summed E-state index contributed by atoms with van der Waals surface area (Å²) in [6.07, 6.45) is 3.44. The first-order chi connectivity index (χ1) is 13.1. The van der Waals surface area contributed by atoms with Crippen molar-refractivity contribution in [3.8, 4) is 5.75 Å². The zero-order valence-corrected chi connectivity index (χ0v) is 14.8. The van der Waals surface area contributed by atoms with E-state index in [1.807, 2.05) is 12.1 Å². The summed E-state index contributed by atoms with van der Waals surface area (Å²) >= 11 is 0. The number of esters is 1. The van der Waals surface area contributed by atoms with Gasteiger partial charge in [-0.3, -0.25) is 9.48 Å². The van der Waals surface area contributed by atoms with E-state index in [1.54, 1.807) is 48.5 Å². The van der Waals surface area contributed by atoms with Gasteiger partial charge in [0.2, 0.25) is 5.76 Å². The van der Waals surface area contributed by atoms with E-state index in [9.17, 15) is 9.59 Å². The molecular weight excluding hydrogens is 350 g/mol. The number of ether oxygens (including phenoxy) is 2. The molecule has 1 amide bonds. The highest BCUT2D eigenvalue weighted by Gasteiger charge is 2.15. The first-order valence-corrected chi connectivity index (χ1v) is 8.27. The Morgan fingerprint density at radius 2 is 2.00 bits per heavy atom. The van der Waals surface area contributed by atoms with Crippen LogP contribution in [0.15, 0.2) is 59.3 Å². The van der Waals surface area contributed by atoms with Gasteiger partial charge in [-0.25, -0.2) is 4.79 Å². The van der Waals surface area contributed by atoms with Crippen LogP contribution in [-0.4, -0.2) is 35.4 Å². The number of furan rings is 1. The maximum absolute atomic E-state index is 12.0. The van der Waals surface area contributed by atoms with Gasteiger partial charge in [-0.05, 0) is 35.9 Å². The first-order valence-electron chi connectivity index (χ1n) is 8.27. The fourth-order valence-corrected chi connectivity index (χ4v) is 2.32. The van der Waals surface area contributed by atoms with Crippen molar-refractivity contribution in [1.82, 2.24) is 15.1 Å². The van der Waals surface area contributed by atoms with E-state index in [2.05, 4.69) is 10.4 Å². The Labute approximate surface area is 155 Å². The van der Waals surface area contributed by atoms with Crippen LogP contribution in [0.2, 0.25) is 0 Å². The van der Waals surface area contributed by atoms with Gasteiger partial charge >= 0.3 is 5.97 Å². The van der Waals surface area contributed by atoms with Gasteiger partial charge in [0.1, 0.15) is 11.5 Å². The molecule has 0 aliphatic carbocycles. The maximum Gasteiger partial charge on any atom is 0.374 e. The smallest absolute Gasteiger partial charge is 0.374 e. The number of rotatable bonds is 8. The molecule has 0 saturated heterocycles. The molecule has 3 rings (SSSR count). The number of amides is 1. The second-order valence-electron chi connectivity index (χ2n) is 5.67. The monoisotopic (exact) mass is 369 g/mol. The molecule has 8 nitrogen and oxygen atoms in total. The van der Waals surface area contributed by atoms with Crippen molar-refractivity contribution in [2.24, 2.45) is 0 Å². The minimum absolute atomic E-state index is 0.0418. The zero-order valence-electron chi connectivity index (χ0n) is 14.8. The fraction of sp³-hybridized carbons (Fsp3) is 0.211. The van der Waals surface area contributed by atoms with Gasteiger partial charge < -0.3 is 19.2 Å². The highest BCUT2D eigenvalue weighted by atomic mass is 16.5. The lowest BCUT2D eigenvalue weighted by molar-refractivity contribution is -0.124. The summed E-state index contributed by atoms with van der Waals surface area (Å²) in [4.78, 5) is 23.8. The second kappa shape index (κ2) is 8.70. The zero-order chi connectivity index (χ0) is 19.1. The van der Waals surface area contributed by atoms with E-state index in [0.717, 1.165) is 11.3 Å². The summed E-state index contributed by atoms with van der Waals surface area (Å²) in [5.41, 5.74) is 0.907. The van der Waals surface area contributed by atoms with Gasteiger partial charge in [-0.1, -0.05) is 12.1 Å². The number of hydrogen-bond acceptors (Lipinski definition) is 6. The van der Waals surface area contributed by atoms with Gasteiger partial charge in [-0.2, -0.15) is 5.10 Å². The van der Waals surface area contributed by atoms with Crippen molar-refractivity contribution in [3.63, 3.8) is 0 Å². The first kappa shape index (κ1) is 18.2. The lowest BCUT2D eigenvalue weighted by Gasteiger charge is -2.07. The van der Waals surface area contributed by atoms with Crippen LogP contribution in [0.5, 0.6) is 5.75 Å². The van der Waals surface area contributed by atoms with E-state index in [4.69, 9.17) is 13.9 Å². The van der Waals surface area contributed by atoms with Gasteiger partial charge in [0.15, 0.2) is 6.61 Å². The van der Waals surface area contributed by atoms with E-state index in [-0.39, 0.29) is 12.4 Å². The van der Waals surface area contributed by atoms with Crippen molar-refractivity contribution < 1.29 is 23.5 Å². The molecule has 0 saturated carbocycles. The standard InChI is InChI=1S/C19H19N3O5/c1-25-15-5-3-14(4-6-15)11-20-18(23)13-26-19(24)17-8-7-16(27-17)12-22-10-2-9-21-22/h2-10H,11-13H2,1H3,(H,20,23). The number of carbonyl (C=O) groups is 2. The average molecular weight is 369 g/mol. The van der Waals surface area contributed by atoms with Crippen LogP contribution in [0.3, 0.4) is 0 Å². The number of aromatic nitrogens is 2. The Bertz CT molecular complexity index is 884. The number of carbonyl (C=O) groups excluding carboxylic acids is 2. The predicted octanol–water partition coefficient (Wildman–Crippen LogP) is 2.01. The van der Waals surface area contributed by atoms with Gasteiger partial charge in [-0.15, -0.1) is 0 Å². The minimum atomic E-state index is -0.693. The molecule has 0 radical (unpaired) electrons. The highest BCUT2D eigenvalue weighted by Crippen LogP contribution is 2.12. The number of benzene rings is 1. The van der Waals surface area contributed by atoms with Gasteiger partial charge in [0.05, 0.1) is 13.7 Å². The lowest BCUT2D eigenvalue weighted by Crippen LogP contribution is -2.28. The largest absolute Gasteiger partial charge is 0.497 e. The Morgan fingerprint density at radius 1 is 1.19 bits per heavy atom. The highest BCUT2D eigenvalue weighted by molar-refractivity contribution is 5.88. The van der Waals surface area contributed by atoms with Crippen molar-refractivity contribution in [2.75, 3.05) is 13.7 Å². The molecule has 0 aliphatic heterocycles. The van der Waals surface area contributed by atoms with Gasteiger partial charge in [0, 0.05) is 18.9 Å². The number of hydrogen-bond donors (Lipinski definition) is 1. The van der Waals surface area contributed by atoms with Crippen molar-refractivity contribution in [3.05, 3.63) is 71.9 Å². The summed E-state index contributed by atoms with van der Waals surface area (Å²) in [5, 5.41) is 6.74. The third-order valence-corrected chi connectivity index (χ3v) is 3.72. The number of methoxy groups -OCH3 is 1. The predicted molar refractivity (Wildman–Crippen MR) is 95.2 cm³/mol. The van der Waals surface area contributed by atoms with Crippen LogP contribution in [-0.2, 0) is 22.6 Å². The quantitative estimate of drug-likeness (QED) is 0.610. The van der Waals surface area contributed by atoms with Gasteiger partial charge in [0.25, 0.3) is 5.91 Å². The Morgan fingerprint density at radius 3 is 2.70 bits per heavy atom.